The van der Waals surface area contributed by atoms with Gasteiger partial charge in [0.2, 0.25) is 0 Å². The van der Waals surface area contributed by atoms with Crippen LogP contribution in [0.15, 0.2) is 16.6 Å². The van der Waals surface area contributed by atoms with E-state index in [1.165, 1.54) is 0 Å². The van der Waals surface area contributed by atoms with Crippen molar-refractivity contribution in [2.24, 2.45) is 0 Å². The van der Waals surface area contributed by atoms with Crippen molar-refractivity contribution in [3.8, 4) is 11.5 Å². The molecule has 18 heavy (non-hydrogen) atoms. The first-order chi connectivity index (χ1) is 8.58. The standard InChI is InChI=1S/C12H16BrNO4/c1-3-18-12(16)14-5-4-8-6-11(17-2)9(13)7-10(8)15/h6-7,15H,3-5H2,1-2H3,(H,14,16). The maximum Gasteiger partial charge on any atom is 0.407 e. The average molecular weight is 318 g/mol. The van der Waals surface area contributed by atoms with Gasteiger partial charge in [-0.2, -0.15) is 0 Å². The Hall–Kier alpha value is -1.43. The molecule has 0 aliphatic rings. The van der Waals surface area contributed by atoms with Crippen molar-refractivity contribution in [1.29, 1.82) is 0 Å². The Labute approximate surface area is 114 Å². The van der Waals surface area contributed by atoms with Gasteiger partial charge in [-0.15, -0.1) is 0 Å². The molecule has 1 aromatic carbocycles. The number of amides is 1. The predicted molar refractivity (Wildman–Crippen MR) is 71.1 cm³/mol. The average Bonchev–Trinajstić information content (AvgIpc) is 2.32. The number of carbonyl (C=O) groups excluding carboxylic acids is 1. The topological polar surface area (TPSA) is 67.8 Å². The second kappa shape index (κ2) is 7.10. The Bertz CT molecular complexity index is 423. The van der Waals surface area contributed by atoms with E-state index >= 15 is 0 Å². The van der Waals surface area contributed by atoms with Gasteiger partial charge >= 0.3 is 6.09 Å². The minimum absolute atomic E-state index is 0.160. The molecular weight excluding hydrogens is 302 g/mol. The third-order valence-corrected chi connectivity index (χ3v) is 2.91. The summed E-state index contributed by atoms with van der Waals surface area (Å²) < 4.78 is 10.6. The second-order valence-electron chi connectivity index (χ2n) is 3.51. The maximum absolute atomic E-state index is 11.1. The number of hydrogen-bond donors (Lipinski definition) is 2. The summed E-state index contributed by atoms with van der Waals surface area (Å²) in [6.45, 7) is 2.46. The normalized spacial score (nSPS) is 9.94. The van der Waals surface area contributed by atoms with Crippen molar-refractivity contribution in [1.82, 2.24) is 5.32 Å². The number of phenolic OH excluding ortho intramolecular Hbond substituents is 1. The van der Waals surface area contributed by atoms with E-state index in [4.69, 9.17) is 9.47 Å². The van der Waals surface area contributed by atoms with Gasteiger partial charge in [0.1, 0.15) is 11.5 Å². The molecule has 0 radical (unpaired) electrons. The van der Waals surface area contributed by atoms with Gasteiger partial charge in [-0.1, -0.05) is 0 Å². The van der Waals surface area contributed by atoms with E-state index in [0.717, 1.165) is 0 Å². The summed E-state index contributed by atoms with van der Waals surface area (Å²) in [6, 6.07) is 3.30. The largest absolute Gasteiger partial charge is 0.508 e. The quantitative estimate of drug-likeness (QED) is 0.875. The molecular formula is C12H16BrNO4. The lowest BCUT2D eigenvalue weighted by atomic mass is 10.1. The van der Waals surface area contributed by atoms with E-state index in [2.05, 4.69) is 21.2 Å². The summed E-state index contributed by atoms with van der Waals surface area (Å²) in [5, 5.41) is 12.3. The number of aromatic hydroxyl groups is 1. The Morgan fingerprint density at radius 2 is 2.22 bits per heavy atom. The van der Waals surface area contributed by atoms with Crippen LogP contribution < -0.4 is 10.1 Å². The Morgan fingerprint density at radius 1 is 1.50 bits per heavy atom. The Morgan fingerprint density at radius 3 is 2.83 bits per heavy atom. The molecule has 0 aliphatic carbocycles. The van der Waals surface area contributed by atoms with Crippen molar-refractivity contribution >= 4 is 22.0 Å². The molecule has 0 fully saturated rings. The number of nitrogens with one attached hydrogen (secondary N) is 1. The van der Waals surface area contributed by atoms with Crippen molar-refractivity contribution in [3.63, 3.8) is 0 Å². The van der Waals surface area contributed by atoms with Gasteiger partial charge in [0.05, 0.1) is 18.2 Å². The smallest absolute Gasteiger partial charge is 0.407 e. The van der Waals surface area contributed by atoms with Crippen LogP contribution in [-0.2, 0) is 11.2 Å². The number of hydrogen-bond acceptors (Lipinski definition) is 4. The highest BCUT2D eigenvalue weighted by atomic mass is 79.9. The molecule has 0 atom stereocenters. The number of benzene rings is 1. The molecule has 0 saturated carbocycles. The molecule has 1 rings (SSSR count). The van der Waals surface area contributed by atoms with Crippen LogP contribution in [0.3, 0.4) is 0 Å². The fourth-order valence-corrected chi connectivity index (χ4v) is 1.92. The summed E-state index contributed by atoms with van der Waals surface area (Å²) in [7, 11) is 1.55. The summed E-state index contributed by atoms with van der Waals surface area (Å²) in [6.07, 6.45) is 0.0370. The number of alkyl carbamates (subject to hydrolysis) is 1. The molecule has 0 unspecified atom stereocenters. The Balaban J connectivity index is 2.59. The molecule has 0 heterocycles. The van der Waals surface area contributed by atoms with Crippen LogP contribution in [0.1, 0.15) is 12.5 Å². The monoisotopic (exact) mass is 317 g/mol. The molecule has 1 aromatic rings. The fraction of sp³-hybridized carbons (Fsp3) is 0.417. The van der Waals surface area contributed by atoms with Crippen molar-refractivity contribution in [3.05, 3.63) is 22.2 Å². The molecule has 100 valence electrons. The van der Waals surface area contributed by atoms with Gasteiger partial charge in [-0.25, -0.2) is 4.79 Å². The molecule has 5 nitrogen and oxygen atoms in total. The van der Waals surface area contributed by atoms with E-state index in [9.17, 15) is 9.90 Å². The number of ether oxygens (including phenoxy) is 2. The number of halogens is 1. The first kappa shape index (κ1) is 14.6. The zero-order chi connectivity index (χ0) is 13.5. The van der Waals surface area contributed by atoms with Crippen LogP contribution in [0.25, 0.3) is 0 Å². The number of phenols is 1. The first-order valence-corrected chi connectivity index (χ1v) is 6.33. The molecule has 2 N–H and O–H groups in total. The highest BCUT2D eigenvalue weighted by Crippen LogP contribution is 2.32. The van der Waals surface area contributed by atoms with Gasteiger partial charge in [0.15, 0.2) is 0 Å². The number of methoxy groups -OCH3 is 1. The van der Waals surface area contributed by atoms with Gasteiger partial charge in [0.25, 0.3) is 0 Å². The zero-order valence-corrected chi connectivity index (χ0v) is 11.9. The van der Waals surface area contributed by atoms with Crippen LogP contribution in [0.2, 0.25) is 0 Å². The fourth-order valence-electron chi connectivity index (χ4n) is 1.42. The van der Waals surface area contributed by atoms with Gasteiger partial charge in [-0.05, 0) is 47.0 Å². The van der Waals surface area contributed by atoms with E-state index in [-0.39, 0.29) is 5.75 Å². The predicted octanol–water partition coefficient (Wildman–Crippen LogP) is 2.45. The lowest BCUT2D eigenvalue weighted by molar-refractivity contribution is 0.152. The van der Waals surface area contributed by atoms with Crippen LogP contribution in [0, 0.1) is 0 Å². The number of carbonyl (C=O) groups is 1. The lowest BCUT2D eigenvalue weighted by Crippen LogP contribution is -2.26. The highest BCUT2D eigenvalue weighted by Gasteiger charge is 2.08. The summed E-state index contributed by atoms with van der Waals surface area (Å²) in [4.78, 5) is 11.1. The molecule has 1 amide bonds. The van der Waals surface area contributed by atoms with Crippen molar-refractivity contribution < 1.29 is 19.4 Å². The zero-order valence-electron chi connectivity index (χ0n) is 10.3. The third kappa shape index (κ3) is 4.10. The SMILES string of the molecule is CCOC(=O)NCCc1cc(OC)c(Br)cc1O. The van der Waals surface area contributed by atoms with E-state index in [0.29, 0.717) is 35.4 Å². The van der Waals surface area contributed by atoms with E-state index in [1.54, 1.807) is 26.2 Å². The number of rotatable bonds is 5. The van der Waals surface area contributed by atoms with Crippen LogP contribution in [-0.4, -0.2) is 31.5 Å². The van der Waals surface area contributed by atoms with Crippen molar-refractivity contribution in [2.75, 3.05) is 20.3 Å². The highest BCUT2D eigenvalue weighted by molar-refractivity contribution is 9.10. The molecule has 0 bridgehead atoms. The minimum atomic E-state index is -0.457. The summed E-state index contributed by atoms with van der Waals surface area (Å²) in [5.74, 6) is 0.798. The van der Waals surface area contributed by atoms with E-state index < -0.39 is 6.09 Å². The second-order valence-corrected chi connectivity index (χ2v) is 4.37. The van der Waals surface area contributed by atoms with Gasteiger partial charge < -0.3 is 19.9 Å². The van der Waals surface area contributed by atoms with Gasteiger partial charge in [0, 0.05) is 6.54 Å². The van der Waals surface area contributed by atoms with Crippen LogP contribution in [0.4, 0.5) is 4.79 Å². The molecule has 0 saturated heterocycles. The van der Waals surface area contributed by atoms with Crippen LogP contribution >= 0.6 is 15.9 Å². The summed E-state index contributed by atoms with van der Waals surface area (Å²) >= 11 is 3.28. The van der Waals surface area contributed by atoms with Gasteiger partial charge in [-0.3, -0.25) is 0 Å². The molecule has 0 aliphatic heterocycles. The Kier molecular flexibility index (Phi) is 5.77. The molecule has 0 spiro atoms. The van der Waals surface area contributed by atoms with Crippen LogP contribution in [0.5, 0.6) is 11.5 Å². The first-order valence-electron chi connectivity index (χ1n) is 5.54. The minimum Gasteiger partial charge on any atom is -0.508 e. The lowest BCUT2D eigenvalue weighted by Gasteiger charge is -2.10. The molecule has 0 aromatic heterocycles. The maximum atomic E-state index is 11.1. The summed E-state index contributed by atoms with van der Waals surface area (Å²) in [5.41, 5.74) is 0.701. The van der Waals surface area contributed by atoms with E-state index in [1.807, 2.05) is 0 Å². The van der Waals surface area contributed by atoms with Crippen molar-refractivity contribution in [2.45, 2.75) is 13.3 Å². The molecule has 6 heteroatoms. The third-order valence-electron chi connectivity index (χ3n) is 2.29.